The Hall–Kier alpha value is -0.800. The Morgan fingerprint density at radius 2 is 2.18 bits per heavy atom. The lowest BCUT2D eigenvalue weighted by molar-refractivity contribution is 0.560. The zero-order valence-electron chi connectivity index (χ0n) is 10.5. The normalized spacial score (nSPS) is 12.2. The van der Waals surface area contributed by atoms with E-state index in [1.54, 1.807) is 0 Å². The summed E-state index contributed by atoms with van der Waals surface area (Å²) in [7, 11) is 2.05. The van der Waals surface area contributed by atoms with Gasteiger partial charge in [0.25, 0.3) is 0 Å². The van der Waals surface area contributed by atoms with Crippen LogP contribution >= 0.6 is 23.8 Å². The zero-order valence-corrected chi connectivity index (χ0v) is 12.1. The van der Waals surface area contributed by atoms with Gasteiger partial charge in [0.05, 0.1) is 0 Å². The maximum absolute atomic E-state index is 5.96. The van der Waals surface area contributed by atoms with Crippen molar-refractivity contribution in [2.45, 2.75) is 20.3 Å². The van der Waals surface area contributed by atoms with Crippen molar-refractivity contribution in [1.29, 1.82) is 0 Å². The first kappa shape index (κ1) is 14.3. The quantitative estimate of drug-likeness (QED) is 0.831. The number of halogens is 1. The molecule has 4 heteroatoms. The number of nitrogens with two attached hydrogens (primary N) is 1. The molecular weight excluding hydrogens is 252 g/mol. The van der Waals surface area contributed by atoms with E-state index in [-0.39, 0.29) is 0 Å². The average Bonchev–Trinajstić information content (AvgIpc) is 2.28. The van der Waals surface area contributed by atoms with Crippen LogP contribution in [0.25, 0.3) is 0 Å². The molecule has 0 radical (unpaired) electrons. The van der Waals surface area contributed by atoms with Crippen molar-refractivity contribution in [2.75, 3.05) is 18.5 Å². The highest BCUT2D eigenvalue weighted by molar-refractivity contribution is 7.80. The van der Waals surface area contributed by atoms with Crippen LogP contribution in [-0.4, -0.2) is 18.6 Å². The van der Waals surface area contributed by atoms with Crippen LogP contribution in [0.15, 0.2) is 18.2 Å². The van der Waals surface area contributed by atoms with Crippen LogP contribution in [0, 0.1) is 5.92 Å². The lowest BCUT2D eigenvalue weighted by atomic mass is 10.1. The molecule has 2 N–H and O–H groups in total. The lowest BCUT2D eigenvalue weighted by Crippen LogP contribution is -2.26. The Balaban J connectivity index is 3.00. The molecular formula is C13H19ClN2S. The van der Waals surface area contributed by atoms with Gasteiger partial charge in [-0.15, -0.1) is 0 Å². The highest BCUT2D eigenvalue weighted by Gasteiger charge is 2.12. The van der Waals surface area contributed by atoms with E-state index in [1.807, 2.05) is 18.2 Å². The van der Waals surface area contributed by atoms with Gasteiger partial charge in [-0.05, 0) is 24.1 Å². The maximum Gasteiger partial charge on any atom is 0.106 e. The lowest BCUT2D eigenvalue weighted by Gasteiger charge is -2.25. The van der Waals surface area contributed by atoms with E-state index in [4.69, 9.17) is 29.6 Å². The fourth-order valence-corrected chi connectivity index (χ4v) is 2.07. The summed E-state index contributed by atoms with van der Waals surface area (Å²) in [4.78, 5) is 2.57. The molecule has 0 aromatic heterocycles. The third-order valence-corrected chi connectivity index (χ3v) is 3.37. The molecule has 1 unspecified atom stereocenters. The van der Waals surface area contributed by atoms with Crippen LogP contribution in [-0.2, 0) is 0 Å². The molecule has 0 aliphatic carbocycles. The first-order chi connectivity index (χ1) is 7.95. The maximum atomic E-state index is 5.96. The van der Waals surface area contributed by atoms with Gasteiger partial charge < -0.3 is 10.6 Å². The molecule has 0 saturated heterocycles. The molecule has 0 amide bonds. The van der Waals surface area contributed by atoms with E-state index in [0.717, 1.165) is 24.2 Å². The summed E-state index contributed by atoms with van der Waals surface area (Å²) in [6.45, 7) is 5.40. The molecule has 0 spiro atoms. The van der Waals surface area contributed by atoms with E-state index in [1.165, 1.54) is 0 Å². The van der Waals surface area contributed by atoms with Gasteiger partial charge in [-0.25, -0.2) is 0 Å². The third-order valence-electron chi connectivity index (χ3n) is 2.92. The third kappa shape index (κ3) is 3.86. The van der Waals surface area contributed by atoms with Crippen LogP contribution in [0.1, 0.15) is 25.8 Å². The summed E-state index contributed by atoms with van der Waals surface area (Å²) in [6.07, 6.45) is 1.15. The van der Waals surface area contributed by atoms with E-state index in [0.29, 0.717) is 15.9 Å². The first-order valence-electron chi connectivity index (χ1n) is 5.76. The second-order valence-corrected chi connectivity index (χ2v) is 5.30. The van der Waals surface area contributed by atoms with E-state index in [2.05, 4.69) is 25.8 Å². The Morgan fingerprint density at radius 1 is 1.53 bits per heavy atom. The molecule has 0 bridgehead atoms. The van der Waals surface area contributed by atoms with E-state index < -0.39 is 0 Å². The minimum atomic E-state index is 0.388. The highest BCUT2D eigenvalue weighted by Crippen LogP contribution is 2.24. The predicted octanol–water partition coefficient (Wildman–Crippen LogP) is 3.46. The molecule has 2 nitrogen and oxygen atoms in total. The van der Waals surface area contributed by atoms with Crippen LogP contribution in [0.4, 0.5) is 5.69 Å². The summed E-state index contributed by atoms with van der Waals surface area (Å²) in [5, 5.41) is 0.661. The SMILES string of the molecule is CCC(C)CN(C)c1ccc(Cl)cc1C(N)=S. The number of benzene rings is 1. The minimum absolute atomic E-state index is 0.388. The topological polar surface area (TPSA) is 29.3 Å². The summed E-state index contributed by atoms with van der Waals surface area (Å²) in [5.41, 5.74) is 7.62. The van der Waals surface area contributed by atoms with Crippen molar-refractivity contribution in [3.8, 4) is 0 Å². The summed E-state index contributed by atoms with van der Waals surface area (Å²) < 4.78 is 0. The Kier molecular flexibility index (Phi) is 5.22. The van der Waals surface area contributed by atoms with E-state index in [9.17, 15) is 0 Å². The second kappa shape index (κ2) is 6.22. The minimum Gasteiger partial charge on any atom is -0.389 e. The van der Waals surface area contributed by atoms with Gasteiger partial charge in [-0.2, -0.15) is 0 Å². The van der Waals surface area contributed by atoms with Crippen molar-refractivity contribution in [3.63, 3.8) is 0 Å². The van der Waals surface area contributed by atoms with Crippen LogP contribution in [0.3, 0.4) is 0 Å². The van der Waals surface area contributed by atoms with Gasteiger partial charge >= 0.3 is 0 Å². The molecule has 0 aliphatic rings. The number of thiocarbonyl (C=S) groups is 1. The standard InChI is InChI=1S/C13H19ClN2S/c1-4-9(2)8-16(3)12-6-5-10(14)7-11(12)13(15)17/h5-7,9H,4,8H2,1-3H3,(H2,15,17). The molecule has 0 fully saturated rings. The second-order valence-electron chi connectivity index (χ2n) is 4.42. The van der Waals surface area contributed by atoms with Crippen molar-refractivity contribution in [2.24, 2.45) is 11.7 Å². The average molecular weight is 271 g/mol. The van der Waals surface area contributed by atoms with Crippen molar-refractivity contribution < 1.29 is 0 Å². The van der Waals surface area contributed by atoms with Crippen LogP contribution in [0.5, 0.6) is 0 Å². The molecule has 0 heterocycles. The smallest absolute Gasteiger partial charge is 0.106 e. The number of hydrogen-bond acceptors (Lipinski definition) is 2. The molecule has 1 atom stereocenters. The van der Waals surface area contributed by atoms with Crippen LogP contribution in [0.2, 0.25) is 5.02 Å². The summed E-state index contributed by atoms with van der Waals surface area (Å²) in [6, 6.07) is 5.66. The van der Waals surface area contributed by atoms with E-state index >= 15 is 0 Å². The Bertz CT molecular complexity index is 406. The molecule has 94 valence electrons. The largest absolute Gasteiger partial charge is 0.389 e. The monoisotopic (exact) mass is 270 g/mol. The zero-order chi connectivity index (χ0) is 13.0. The van der Waals surface area contributed by atoms with Gasteiger partial charge in [0.15, 0.2) is 0 Å². The molecule has 1 rings (SSSR count). The predicted molar refractivity (Wildman–Crippen MR) is 80.1 cm³/mol. The van der Waals surface area contributed by atoms with Gasteiger partial charge in [-0.1, -0.05) is 44.1 Å². The van der Waals surface area contributed by atoms with Crippen molar-refractivity contribution in [3.05, 3.63) is 28.8 Å². The molecule has 1 aromatic carbocycles. The fourth-order valence-electron chi connectivity index (χ4n) is 1.73. The fraction of sp³-hybridized carbons (Fsp3) is 0.462. The number of hydrogen-bond donors (Lipinski definition) is 1. The molecule has 1 aromatic rings. The van der Waals surface area contributed by atoms with Crippen molar-refractivity contribution in [1.82, 2.24) is 0 Å². The Labute approximate surface area is 114 Å². The highest BCUT2D eigenvalue weighted by atomic mass is 35.5. The first-order valence-corrected chi connectivity index (χ1v) is 6.54. The van der Waals surface area contributed by atoms with Gasteiger partial charge in [-0.3, -0.25) is 0 Å². The van der Waals surface area contributed by atoms with Crippen molar-refractivity contribution >= 4 is 34.5 Å². The van der Waals surface area contributed by atoms with Gasteiger partial charge in [0, 0.05) is 29.9 Å². The molecule has 17 heavy (non-hydrogen) atoms. The molecule has 0 saturated carbocycles. The summed E-state index contributed by atoms with van der Waals surface area (Å²) in [5.74, 6) is 0.634. The number of anilines is 1. The Morgan fingerprint density at radius 3 is 2.71 bits per heavy atom. The van der Waals surface area contributed by atoms with Gasteiger partial charge in [0.1, 0.15) is 4.99 Å². The number of nitrogens with zero attached hydrogens (tertiary/aromatic N) is 1. The summed E-state index contributed by atoms with van der Waals surface area (Å²) >= 11 is 11.0. The number of rotatable bonds is 5. The van der Waals surface area contributed by atoms with Crippen LogP contribution < -0.4 is 10.6 Å². The molecule has 0 aliphatic heterocycles. The van der Waals surface area contributed by atoms with Gasteiger partial charge in [0.2, 0.25) is 0 Å².